The van der Waals surface area contributed by atoms with Crippen molar-refractivity contribution in [2.75, 3.05) is 100 Å². The summed E-state index contributed by atoms with van der Waals surface area (Å²) >= 11 is 5.65. The molecule has 0 saturated heterocycles. The number of amides is 1. The van der Waals surface area contributed by atoms with E-state index in [9.17, 15) is 44.4 Å². The van der Waals surface area contributed by atoms with E-state index >= 15 is 0 Å². The molecule has 2 aromatic carbocycles. The number of nitrogens with one attached hydrogen (secondary N) is 1. The van der Waals surface area contributed by atoms with E-state index in [1.165, 1.54) is 30.3 Å². The highest BCUT2D eigenvalue weighted by molar-refractivity contribution is 6.17. The number of carboxylic acid groups (broad SMARTS) is 4. The molecular formula is C34H46ClN3O14. The molecule has 18 heteroatoms. The van der Waals surface area contributed by atoms with Crippen LogP contribution in [0.3, 0.4) is 0 Å². The van der Waals surface area contributed by atoms with E-state index in [-0.39, 0.29) is 61.6 Å². The fourth-order valence-electron chi connectivity index (χ4n) is 4.67. The number of carboxylic acids is 4. The highest BCUT2D eigenvalue weighted by atomic mass is 35.5. The van der Waals surface area contributed by atoms with Crippen molar-refractivity contribution in [2.24, 2.45) is 0 Å². The lowest BCUT2D eigenvalue weighted by Crippen LogP contribution is -2.35. The molecule has 0 radical (unpaired) electrons. The first-order chi connectivity index (χ1) is 25.0. The predicted octanol–water partition coefficient (Wildman–Crippen LogP) is 2.88. The Morgan fingerprint density at radius 2 is 1.08 bits per heavy atom. The topological polar surface area (TPSA) is 231 Å². The quantitative estimate of drug-likeness (QED) is 0.0570. The number of unbranched alkanes of at least 4 members (excludes halogenated alkanes) is 3. The third kappa shape index (κ3) is 18.4. The van der Waals surface area contributed by atoms with Gasteiger partial charge in [-0.05, 0) is 43.2 Å². The van der Waals surface area contributed by atoms with Crippen molar-refractivity contribution in [2.45, 2.75) is 25.7 Å². The molecular weight excluding hydrogens is 710 g/mol. The molecule has 2 rings (SSSR count). The van der Waals surface area contributed by atoms with Gasteiger partial charge in [-0.2, -0.15) is 0 Å². The predicted molar refractivity (Wildman–Crippen MR) is 189 cm³/mol. The van der Waals surface area contributed by atoms with Gasteiger partial charge in [-0.25, -0.2) is 0 Å². The van der Waals surface area contributed by atoms with E-state index in [0.717, 1.165) is 35.5 Å². The van der Waals surface area contributed by atoms with Crippen LogP contribution in [0.25, 0.3) is 0 Å². The van der Waals surface area contributed by atoms with Crippen LogP contribution in [0.4, 0.5) is 17.1 Å². The molecule has 0 atom stereocenters. The molecule has 17 nitrogen and oxygen atoms in total. The maximum absolute atomic E-state index is 12.6. The highest BCUT2D eigenvalue weighted by Crippen LogP contribution is 2.32. The zero-order valence-electron chi connectivity index (χ0n) is 28.7. The number of rotatable bonds is 30. The SMILES string of the molecule is O=C(O)CN(CC(=O)O)c1ccccc1OCCOc1ccc(NC(=O)COCCOCCOCCCCCCCl)cc1N(CC(=O)O)CC(=O)O. The third-order valence-electron chi connectivity index (χ3n) is 6.84. The standard InChI is InChI=1S/C34H46ClN3O14/c35-11-5-1-2-6-12-48-13-14-49-15-16-50-24-30(39)36-25-9-10-29(27(19-25)38(22-33(44)45)23-34(46)47)52-18-17-51-28-8-4-3-7-26(28)37(20-31(40)41)21-32(42)43/h3-4,7-10,19H,1-2,5-6,11-18,20-24H2,(H,36,39)(H,40,41)(H,42,43)(H,44,45)(H,46,47). The largest absolute Gasteiger partial charge is 0.488 e. The van der Waals surface area contributed by atoms with E-state index < -0.39 is 56.0 Å². The molecule has 0 aliphatic rings. The Morgan fingerprint density at radius 1 is 0.577 bits per heavy atom. The number of ether oxygens (including phenoxy) is 5. The summed E-state index contributed by atoms with van der Waals surface area (Å²) in [5.41, 5.74) is 0.503. The highest BCUT2D eigenvalue weighted by Gasteiger charge is 2.21. The van der Waals surface area contributed by atoms with Crippen LogP contribution in [-0.2, 0) is 38.2 Å². The minimum Gasteiger partial charge on any atom is -0.488 e. The lowest BCUT2D eigenvalue weighted by atomic mass is 10.2. The first-order valence-electron chi connectivity index (χ1n) is 16.4. The molecule has 0 fully saturated rings. The number of nitrogens with zero attached hydrogens (tertiary/aromatic N) is 2. The first kappa shape index (κ1) is 43.3. The van der Waals surface area contributed by atoms with Gasteiger partial charge in [0.1, 0.15) is 57.5 Å². The minimum absolute atomic E-state index is 0.0592. The van der Waals surface area contributed by atoms with Gasteiger partial charge in [0.15, 0.2) is 0 Å². The molecule has 0 spiro atoms. The van der Waals surface area contributed by atoms with Gasteiger partial charge in [0, 0.05) is 18.2 Å². The molecule has 0 saturated carbocycles. The molecule has 0 bridgehead atoms. The Hall–Kier alpha value is -4.84. The van der Waals surface area contributed by atoms with Crippen molar-refractivity contribution in [3.63, 3.8) is 0 Å². The zero-order chi connectivity index (χ0) is 38.1. The van der Waals surface area contributed by atoms with Crippen LogP contribution in [0.2, 0.25) is 0 Å². The van der Waals surface area contributed by atoms with Gasteiger partial charge in [-0.15, -0.1) is 11.6 Å². The lowest BCUT2D eigenvalue weighted by Gasteiger charge is -2.25. The number of halogens is 1. The molecule has 52 heavy (non-hydrogen) atoms. The number of anilines is 3. The third-order valence-corrected chi connectivity index (χ3v) is 7.11. The van der Waals surface area contributed by atoms with E-state index in [1.54, 1.807) is 12.1 Å². The number of para-hydroxylation sites is 2. The van der Waals surface area contributed by atoms with Crippen molar-refractivity contribution >= 4 is 58.4 Å². The van der Waals surface area contributed by atoms with Crippen LogP contribution < -0.4 is 24.6 Å². The Kier molecular flexibility index (Phi) is 21.0. The van der Waals surface area contributed by atoms with Gasteiger partial charge in [-0.3, -0.25) is 24.0 Å². The maximum atomic E-state index is 12.6. The van der Waals surface area contributed by atoms with Gasteiger partial charge >= 0.3 is 23.9 Å². The summed E-state index contributed by atoms with van der Waals surface area (Å²) < 4.78 is 27.9. The summed E-state index contributed by atoms with van der Waals surface area (Å²) in [7, 11) is 0. The first-order valence-corrected chi connectivity index (χ1v) is 17.0. The van der Waals surface area contributed by atoms with Crippen molar-refractivity contribution in [1.82, 2.24) is 0 Å². The Bertz CT molecular complexity index is 1400. The summed E-state index contributed by atoms with van der Waals surface area (Å²) in [6.07, 6.45) is 4.11. The monoisotopic (exact) mass is 755 g/mol. The number of carbonyl (C=O) groups is 5. The second-order valence-electron chi connectivity index (χ2n) is 11.1. The normalized spacial score (nSPS) is 10.7. The average molecular weight is 756 g/mol. The average Bonchev–Trinajstić information content (AvgIpc) is 3.08. The molecule has 1 amide bonds. The van der Waals surface area contributed by atoms with E-state index in [4.69, 9.17) is 35.3 Å². The van der Waals surface area contributed by atoms with Gasteiger partial charge in [0.05, 0.1) is 37.8 Å². The number of hydrogen-bond donors (Lipinski definition) is 5. The molecule has 2 aromatic rings. The summed E-state index contributed by atoms with van der Waals surface area (Å²) in [5, 5.41) is 40.0. The van der Waals surface area contributed by atoms with Crippen molar-refractivity contribution < 1.29 is 68.1 Å². The van der Waals surface area contributed by atoms with Gasteiger partial charge in [-0.1, -0.05) is 25.0 Å². The summed E-state index contributed by atoms with van der Waals surface area (Å²) in [6.45, 7) is -1.27. The van der Waals surface area contributed by atoms with Gasteiger partial charge < -0.3 is 59.2 Å². The van der Waals surface area contributed by atoms with Crippen molar-refractivity contribution in [1.29, 1.82) is 0 Å². The fraction of sp³-hybridized carbons (Fsp3) is 0.500. The molecule has 0 heterocycles. The molecule has 0 unspecified atom stereocenters. The van der Waals surface area contributed by atoms with Gasteiger partial charge in [0.25, 0.3) is 0 Å². The van der Waals surface area contributed by atoms with Crippen LogP contribution >= 0.6 is 11.6 Å². The number of aliphatic carboxylic acids is 4. The van der Waals surface area contributed by atoms with Crippen LogP contribution in [0.5, 0.6) is 11.5 Å². The summed E-state index contributed by atoms with van der Waals surface area (Å²) in [4.78, 5) is 60.6. The lowest BCUT2D eigenvalue weighted by molar-refractivity contribution is -0.138. The molecule has 0 aromatic heterocycles. The molecule has 5 N–H and O–H groups in total. The Balaban J connectivity index is 1.98. The van der Waals surface area contributed by atoms with Crippen LogP contribution in [0.15, 0.2) is 42.5 Å². The van der Waals surface area contributed by atoms with Gasteiger partial charge in [0.2, 0.25) is 5.91 Å². The number of hydrogen-bond acceptors (Lipinski definition) is 12. The fourth-order valence-corrected chi connectivity index (χ4v) is 4.86. The summed E-state index contributed by atoms with van der Waals surface area (Å²) in [5.74, 6) is -4.69. The zero-order valence-corrected chi connectivity index (χ0v) is 29.5. The Morgan fingerprint density at radius 3 is 1.65 bits per heavy atom. The second-order valence-corrected chi connectivity index (χ2v) is 11.4. The van der Waals surface area contributed by atoms with Crippen LogP contribution in [-0.4, -0.2) is 135 Å². The second kappa shape index (κ2) is 25.2. The van der Waals surface area contributed by atoms with Crippen molar-refractivity contribution in [3.05, 3.63) is 42.5 Å². The molecule has 0 aliphatic heterocycles. The summed E-state index contributed by atoms with van der Waals surface area (Å²) in [6, 6.07) is 10.5. The smallest absolute Gasteiger partial charge is 0.323 e. The minimum atomic E-state index is -1.31. The van der Waals surface area contributed by atoms with Crippen LogP contribution in [0, 0.1) is 0 Å². The number of benzene rings is 2. The number of alkyl halides is 1. The Labute approximate surface area is 305 Å². The maximum Gasteiger partial charge on any atom is 0.323 e. The van der Waals surface area contributed by atoms with Crippen LogP contribution in [0.1, 0.15) is 25.7 Å². The van der Waals surface area contributed by atoms with Crippen molar-refractivity contribution in [3.8, 4) is 11.5 Å². The van der Waals surface area contributed by atoms with E-state index in [1.807, 2.05) is 0 Å². The molecule has 288 valence electrons. The van der Waals surface area contributed by atoms with E-state index in [2.05, 4.69) is 5.32 Å². The molecule has 0 aliphatic carbocycles. The van der Waals surface area contributed by atoms with E-state index in [0.29, 0.717) is 25.7 Å². The number of carbonyl (C=O) groups excluding carboxylic acids is 1.